The molecule has 18 heavy (non-hydrogen) atoms. The number of amides is 1. The minimum Gasteiger partial charge on any atom is -0.356 e. The highest BCUT2D eigenvalue weighted by atomic mass is 19.1. The lowest BCUT2D eigenvalue weighted by molar-refractivity contribution is -0.124. The number of carbonyl (C=O) groups is 1. The van der Waals surface area contributed by atoms with Gasteiger partial charge in [0, 0.05) is 12.5 Å². The van der Waals surface area contributed by atoms with Gasteiger partial charge in [0.2, 0.25) is 5.91 Å². The molecule has 3 N–H and O–H groups in total. The summed E-state index contributed by atoms with van der Waals surface area (Å²) in [7, 11) is 0. The van der Waals surface area contributed by atoms with Crippen LogP contribution in [-0.2, 0) is 11.2 Å². The van der Waals surface area contributed by atoms with Crippen LogP contribution in [0.15, 0.2) is 24.3 Å². The maximum Gasteiger partial charge on any atom is 0.223 e. The number of nitrogens with one attached hydrogen (secondary N) is 1. The first-order valence-electron chi connectivity index (χ1n) is 6.25. The monoisotopic (exact) mass is 252 g/mol. The molecule has 0 aliphatic carbocycles. The van der Waals surface area contributed by atoms with Crippen LogP contribution >= 0.6 is 0 Å². The van der Waals surface area contributed by atoms with E-state index in [9.17, 15) is 9.18 Å². The second kappa shape index (κ2) is 7.11. The average Bonchev–Trinajstić information content (AvgIpc) is 2.38. The predicted octanol–water partition coefficient (Wildman–Crippen LogP) is 1.72. The zero-order valence-corrected chi connectivity index (χ0v) is 10.9. The summed E-state index contributed by atoms with van der Waals surface area (Å²) in [5, 5.41) is 2.83. The van der Waals surface area contributed by atoms with Crippen LogP contribution in [0.1, 0.15) is 19.4 Å². The number of benzene rings is 1. The van der Waals surface area contributed by atoms with Crippen LogP contribution in [-0.4, -0.2) is 19.0 Å². The summed E-state index contributed by atoms with van der Waals surface area (Å²) >= 11 is 0. The molecule has 1 aromatic rings. The Morgan fingerprint density at radius 1 is 1.39 bits per heavy atom. The molecule has 0 fully saturated rings. The highest BCUT2D eigenvalue weighted by Crippen LogP contribution is 2.12. The SMILES string of the molecule is CC(CN)CNC(=O)C(C)Cc1ccccc1F. The molecule has 0 radical (unpaired) electrons. The van der Waals surface area contributed by atoms with E-state index in [4.69, 9.17) is 5.73 Å². The van der Waals surface area contributed by atoms with Crippen molar-refractivity contribution in [2.75, 3.05) is 13.1 Å². The summed E-state index contributed by atoms with van der Waals surface area (Å²) in [6.45, 7) is 4.88. The van der Waals surface area contributed by atoms with Crippen LogP contribution in [0.5, 0.6) is 0 Å². The van der Waals surface area contributed by atoms with Gasteiger partial charge in [-0.25, -0.2) is 4.39 Å². The molecule has 0 aromatic heterocycles. The first-order chi connectivity index (χ1) is 8.54. The molecule has 3 nitrogen and oxygen atoms in total. The van der Waals surface area contributed by atoms with E-state index in [1.165, 1.54) is 6.07 Å². The third-order valence-corrected chi connectivity index (χ3v) is 2.96. The van der Waals surface area contributed by atoms with E-state index in [2.05, 4.69) is 5.32 Å². The molecule has 100 valence electrons. The number of hydrogen-bond acceptors (Lipinski definition) is 2. The third-order valence-electron chi connectivity index (χ3n) is 2.96. The smallest absolute Gasteiger partial charge is 0.223 e. The predicted molar refractivity (Wildman–Crippen MR) is 70.5 cm³/mol. The first kappa shape index (κ1) is 14.6. The van der Waals surface area contributed by atoms with Crippen molar-refractivity contribution in [3.63, 3.8) is 0 Å². The van der Waals surface area contributed by atoms with Gasteiger partial charge in [-0.2, -0.15) is 0 Å². The van der Waals surface area contributed by atoms with Crippen LogP contribution in [0.3, 0.4) is 0 Å². The third kappa shape index (κ3) is 4.45. The summed E-state index contributed by atoms with van der Waals surface area (Å²) in [6, 6.07) is 6.55. The fourth-order valence-corrected chi connectivity index (χ4v) is 1.62. The molecule has 0 saturated carbocycles. The molecule has 1 rings (SSSR count). The molecule has 0 aliphatic heterocycles. The summed E-state index contributed by atoms with van der Waals surface area (Å²) in [5.74, 6) is -0.299. The van der Waals surface area contributed by atoms with Crippen molar-refractivity contribution >= 4 is 5.91 Å². The molecule has 0 spiro atoms. The van der Waals surface area contributed by atoms with Gasteiger partial charge in [-0.1, -0.05) is 32.0 Å². The molecule has 0 heterocycles. The normalized spacial score (nSPS) is 14.0. The van der Waals surface area contributed by atoms with Crippen molar-refractivity contribution in [1.29, 1.82) is 0 Å². The Morgan fingerprint density at radius 3 is 2.67 bits per heavy atom. The molecule has 2 atom stereocenters. The van der Waals surface area contributed by atoms with Crippen LogP contribution in [0.2, 0.25) is 0 Å². The molecule has 2 unspecified atom stereocenters. The second-order valence-electron chi connectivity index (χ2n) is 4.78. The Morgan fingerprint density at radius 2 is 2.06 bits per heavy atom. The Labute approximate surface area is 108 Å². The van der Waals surface area contributed by atoms with E-state index in [-0.39, 0.29) is 23.6 Å². The highest BCUT2D eigenvalue weighted by molar-refractivity contribution is 5.78. The Bertz CT molecular complexity index is 395. The maximum absolute atomic E-state index is 13.4. The largest absolute Gasteiger partial charge is 0.356 e. The van der Waals surface area contributed by atoms with Gasteiger partial charge in [-0.05, 0) is 30.5 Å². The average molecular weight is 252 g/mol. The van der Waals surface area contributed by atoms with Crippen molar-refractivity contribution in [3.8, 4) is 0 Å². The summed E-state index contributed by atoms with van der Waals surface area (Å²) < 4.78 is 13.4. The van der Waals surface area contributed by atoms with Crippen molar-refractivity contribution in [2.24, 2.45) is 17.6 Å². The van der Waals surface area contributed by atoms with E-state index < -0.39 is 0 Å². The topological polar surface area (TPSA) is 55.1 Å². The quantitative estimate of drug-likeness (QED) is 0.810. The van der Waals surface area contributed by atoms with Crippen molar-refractivity contribution in [2.45, 2.75) is 20.3 Å². The molecule has 0 saturated heterocycles. The van der Waals surface area contributed by atoms with Crippen molar-refractivity contribution in [3.05, 3.63) is 35.6 Å². The Hall–Kier alpha value is -1.42. The van der Waals surface area contributed by atoms with E-state index in [0.29, 0.717) is 25.1 Å². The van der Waals surface area contributed by atoms with E-state index in [1.807, 2.05) is 6.92 Å². The standard InChI is InChI=1S/C14H21FN2O/c1-10(8-16)9-17-14(18)11(2)7-12-5-3-4-6-13(12)15/h3-6,10-11H,7-9,16H2,1-2H3,(H,17,18). The number of carbonyl (C=O) groups excluding carboxylic acids is 1. The van der Waals surface area contributed by atoms with Crippen LogP contribution in [0.25, 0.3) is 0 Å². The zero-order chi connectivity index (χ0) is 13.5. The Kier molecular flexibility index (Phi) is 5.78. The van der Waals surface area contributed by atoms with E-state index in [1.54, 1.807) is 25.1 Å². The van der Waals surface area contributed by atoms with E-state index >= 15 is 0 Å². The minimum absolute atomic E-state index is 0.0569. The van der Waals surface area contributed by atoms with Gasteiger partial charge >= 0.3 is 0 Å². The molecular formula is C14H21FN2O. The first-order valence-corrected chi connectivity index (χ1v) is 6.25. The summed E-state index contributed by atoms with van der Waals surface area (Å²) in [4.78, 5) is 11.8. The fraction of sp³-hybridized carbons (Fsp3) is 0.500. The van der Waals surface area contributed by atoms with Crippen LogP contribution in [0.4, 0.5) is 4.39 Å². The molecule has 0 aliphatic rings. The molecule has 1 aromatic carbocycles. The van der Waals surface area contributed by atoms with Crippen LogP contribution < -0.4 is 11.1 Å². The minimum atomic E-state index is -0.257. The maximum atomic E-state index is 13.4. The number of nitrogens with two attached hydrogens (primary N) is 1. The van der Waals surface area contributed by atoms with Gasteiger partial charge in [0.1, 0.15) is 5.82 Å². The van der Waals surface area contributed by atoms with Crippen molar-refractivity contribution in [1.82, 2.24) is 5.32 Å². The molecule has 0 bridgehead atoms. The zero-order valence-electron chi connectivity index (χ0n) is 10.9. The van der Waals surface area contributed by atoms with Gasteiger partial charge in [0.25, 0.3) is 0 Å². The lowest BCUT2D eigenvalue weighted by atomic mass is 9.99. The number of rotatable bonds is 6. The van der Waals surface area contributed by atoms with Gasteiger partial charge < -0.3 is 11.1 Å². The lowest BCUT2D eigenvalue weighted by Crippen LogP contribution is -2.35. The second-order valence-corrected chi connectivity index (χ2v) is 4.78. The van der Waals surface area contributed by atoms with Crippen molar-refractivity contribution < 1.29 is 9.18 Å². The van der Waals surface area contributed by atoms with Gasteiger partial charge in [0.15, 0.2) is 0 Å². The summed E-state index contributed by atoms with van der Waals surface area (Å²) in [6.07, 6.45) is 0.412. The fourth-order valence-electron chi connectivity index (χ4n) is 1.62. The highest BCUT2D eigenvalue weighted by Gasteiger charge is 2.15. The number of hydrogen-bond donors (Lipinski definition) is 2. The molecule has 1 amide bonds. The number of halogens is 1. The summed E-state index contributed by atoms with van der Waals surface area (Å²) in [5.41, 5.74) is 6.05. The van der Waals surface area contributed by atoms with Crippen LogP contribution in [0, 0.1) is 17.7 Å². The van der Waals surface area contributed by atoms with Gasteiger partial charge in [-0.15, -0.1) is 0 Å². The molecule has 4 heteroatoms. The van der Waals surface area contributed by atoms with Gasteiger partial charge in [0.05, 0.1) is 0 Å². The van der Waals surface area contributed by atoms with Gasteiger partial charge in [-0.3, -0.25) is 4.79 Å². The molecular weight excluding hydrogens is 231 g/mol. The Balaban J connectivity index is 2.47. The lowest BCUT2D eigenvalue weighted by Gasteiger charge is -2.15. The van der Waals surface area contributed by atoms with E-state index in [0.717, 1.165) is 0 Å².